The predicted molar refractivity (Wildman–Crippen MR) is 75.2 cm³/mol. The predicted octanol–water partition coefficient (Wildman–Crippen LogP) is 1.27. The minimum Gasteiger partial charge on any atom is -0.481 e. The van der Waals surface area contributed by atoms with Crippen LogP contribution in [-0.4, -0.2) is 54.2 Å². The second kappa shape index (κ2) is 9.61. The van der Waals surface area contributed by atoms with E-state index in [0.29, 0.717) is 19.0 Å². The van der Waals surface area contributed by atoms with E-state index in [1.165, 1.54) is 0 Å². The lowest BCUT2D eigenvalue weighted by Crippen LogP contribution is -2.43. The molecule has 3 N–H and O–H groups in total. The zero-order valence-electron chi connectivity index (χ0n) is 12.4. The molecule has 6 nitrogen and oxygen atoms in total. The smallest absolute Gasteiger partial charge is 0.315 e. The van der Waals surface area contributed by atoms with Gasteiger partial charge in [-0.3, -0.25) is 4.79 Å². The lowest BCUT2D eigenvalue weighted by molar-refractivity contribution is -0.137. The molecule has 0 fully saturated rings. The van der Waals surface area contributed by atoms with Crippen molar-refractivity contribution in [3.63, 3.8) is 0 Å². The fourth-order valence-electron chi connectivity index (χ4n) is 1.53. The van der Waals surface area contributed by atoms with E-state index >= 15 is 0 Å². The average molecular weight is 273 g/mol. The molecule has 0 aliphatic carbocycles. The Balaban J connectivity index is 3.77. The van der Waals surface area contributed by atoms with Gasteiger partial charge in [0.15, 0.2) is 0 Å². The van der Waals surface area contributed by atoms with E-state index < -0.39 is 5.97 Å². The summed E-state index contributed by atoms with van der Waals surface area (Å²) < 4.78 is 0. The van der Waals surface area contributed by atoms with Crippen LogP contribution < -0.4 is 10.6 Å². The van der Waals surface area contributed by atoms with Crippen molar-refractivity contribution in [3.8, 4) is 0 Å². The highest BCUT2D eigenvalue weighted by molar-refractivity contribution is 5.75. The van der Waals surface area contributed by atoms with E-state index in [9.17, 15) is 9.59 Å². The van der Waals surface area contributed by atoms with E-state index in [-0.39, 0.29) is 18.5 Å². The molecule has 0 aliphatic heterocycles. The van der Waals surface area contributed by atoms with Gasteiger partial charge >= 0.3 is 12.0 Å². The topological polar surface area (TPSA) is 81.7 Å². The highest BCUT2D eigenvalue weighted by Gasteiger charge is 2.13. The van der Waals surface area contributed by atoms with Crippen LogP contribution >= 0.6 is 0 Å². The van der Waals surface area contributed by atoms with Crippen LogP contribution in [0.15, 0.2) is 0 Å². The average Bonchev–Trinajstić information content (AvgIpc) is 2.32. The first-order valence-corrected chi connectivity index (χ1v) is 6.83. The highest BCUT2D eigenvalue weighted by atomic mass is 16.4. The summed E-state index contributed by atoms with van der Waals surface area (Å²) in [5.41, 5.74) is 0. The molecule has 0 heterocycles. The van der Waals surface area contributed by atoms with Crippen LogP contribution in [0.5, 0.6) is 0 Å². The van der Waals surface area contributed by atoms with Gasteiger partial charge in [-0.2, -0.15) is 0 Å². The maximum absolute atomic E-state index is 11.5. The molecule has 1 atom stereocenters. The van der Waals surface area contributed by atoms with Gasteiger partial charge in [0.05, 0.1) is 6.42 Å². The molecule has 6 heteroatoms. The fourth-order valence-corrected chi connectivity index (χ4v) is 1.53. The van der Waals surface area contributed by atoms with Crippen molar-refractivity contribution in [2.75, 3.05) is 20.1 Å². The Morgan fingerprint density at radius 2 is 1.95 bits per heavy atom. The van der Waals surface area contributed by atoms with Crippen molar-refractivity contribution < 1.29 is 14.7 Å². The van der Waals surface area contributed by atoms with Gasteiger partial charge < -0.3 is 20.6 Å². The molecule has 0 aromatic heterocycles. The number of nitrogens with one attached hydrogen (secondary N) is 2. The summed E-state index contributed by atoms with van der Waals surface area (Å²) in [6.07, 6.45) is 1.44. The molecule has 19 heavy (non-hydrogen) atoms. The molecule has 0 aliphatic rings. The number of aliphatic carboxylic acids is 1. The number of carbonyl (C=O) groups is 2. The van der Waals surface area contributed by atoms with E-state index in [1.54, 1.807) is 0 Å². The Morgan fingerprint density at radius 1 is 1.32 bits per heavy atom. The van der Waals surface area contributed by atoms with Crippen LogP contribution in [0.4, 0.5) is 4.79 Å². The fraction of sp³-hybridized carbons (Fsp3) is 0.846. The zero-order valence-corrected chi connectivity index (χ0v) is 12.4. The molecule has 0 bridgehead atoms. The Morgan fingerprint density at radius 3 is 2.42 bits per heavy atom. The van der Waals surface area contributed by atoms with Crippen molar-refractivity contribution >= 4 is 12.0 Å². The van der Waals surface area contributed by atoms with Gasteiger partial charge in [0, 0.05) is 18.6 Å². The lowest BCUT2D eigenvalue weighted by atomic mass is 10.1. The molecule has 0 rings (SSSR count). The lowest BCUT2D eigenvalue weighted by Gasteiger charge is -2.21. The third kappa shape index (κ3) is 9.30. The highest BCUT2D eigenvalue weighted by Crippen LogP contribution is 1.97. The Labute approximate surface area is 115 Å². The molecular formula is C13H27N3O3. The van der Waals surface area contributed by atoms with Gasteiger partial charge in [-0.05, 0) is 40.3 Å². The maximum atomic E-state index is 11.5. The number of carboxylic acid groups (broad SMARTS) is 1. The summed E-state index contributed by atoms with van der Waals surface area (Å²) in [5, 5.41) is 14.1. The minimum atomic E-state index is -0.897. The second-order valence-electron chi connectivity index (χ2n) is 5.03. The van der Waals surface area contributed by atoms with E-state index in [4.69, 9.17) is 5.11 Å². The number of hydrogen-bond donors (Lipinski definition) is 3. The quantitative estimate of drug-likeness (QED) is 0.553. The number of carboxylic acids is 1. The van der Waals surface area contributed by atoms with Gasteiger partial charge in [0.1, 0.15) is 0 Å². The van der Waals surface area contributed by atoms with Crippen LogP contribution in [0, 0.1) is 0 Å². The third-order valence-corrected chi connectivity index (χ3v) is 3.10. The monoisotopic (exact) mass is 273 g/mol. The molecule has 0 spiro atoms. The maximum Gasteiger partial charge on any atom is 0.315 e. The Kier molecular flexibility index (Phi) is 8.95. The number of amides is 2. The summed E-state index contributed by atoms with van der Waals surface area (Å²) in [5.74, 6) is -0.897. The molecule has 0 saturated carbocycles. The van der Waals surface area contributed by atoms with Gasteiger partial charge in [-0.1, -0.05) is 6.92 Å². The molecule has 0 aromatic rings. The minimum absolute atomic E-state index is 0.0417. The van der Waals surface area contributed by atoms with Crippen molar-refractivity contribution in [2.24, 2.45) is 0 Å². The van der Waals surface area contributed by atoms with Gasteiger partial charge in [-0.15, -0.1) is 0 Å². The molecule has 112 valence electrons. The van der Waals surface area contributed by atoms with Crippen LogP contribution in [0.1, 0.15) is 40.0 Å². The summed E-state index contributed by atoms with van der Waals surface area (Å²) in [4.78, 5) is 24.3. The molecule has 0 saturated heterocycles. The van der Waals surface area contributed by atoms with Crippen LogP contribution in [0.2, 0.25) is 0 Å². The first-order chi connectivity index (χ1) is 8.86. The molecular weight excluding hydrogens is 246 g/mol. The standard InChI is InChI=1S/C13H27N3O3/c1-5-11(9-12(17)18)15-13(19)14-7-6-8-16(4)10(2)3/h10-11H,5-9H2,1-4H3,(H,17,18)(H2,14,15,19). The summed E-state index contributed by atoms with van der Waals surface area (Å²) >= 11 is 0. The summed E-state index contributed by atoms with van der Waals surface area (Å²) in [6.45, 7) is 7.61. The van der Waals surface area contributed by atoms with Gasteiger partial charge in [0.2, 0.25) is 0 Å². The van der Waals surface area contributed by atoms with Crippen LogP contribution in [-0.2, 0) is 4.79 Å². The van der Waals surface area contributed by atoms with E-state index in [1.807, 2.05) is 14.0 Å². The van der Waals surface area contributed by atoms with Crippen molar-refractivity contribution in [3.05, 3.63) is 0 Å². The van der Waals surface area contributed by atoms with Crippen molar-refractivity contribution in [1.82, 2.24) is 15.5 Å². The molecule has 1 unspecified atom stereocenters. The van der Waals surface area contributed by atoms with E-state index in [2.05, 4.69) is 29.4 Å². The SMILES string of the molecule is CCC(CC(=O)O)NC(=O)NCCCN(C)C(C)C. The molecule has 0 aromatic carbocycles. The third-order valence-electron chi connectivity index (χ3n) is 3.10. The Hall–Kier alpha value is -1.30. The summed E-state index contributed by atoms with van der Waals surface area (Å²) in [6, 6.07) is -0.106. The number of carbonyl (C=O) groups excluding carboxylic acids is 1. The number of nitrogens with zero attached hydrogens (tertiary/aromatic N) is 1. The molecule has 2 amide bonds. The van der Waals surface area contributed by atoms with Gasteiger partial charge in [-0.25, -0.2) is 4.79 Å². The van der Waals surface area contributed by atoms with Crippen LogP contribution in [0.3, 0.4) is 0 Å². The van der Waals surface area contributed by atoms with Crippen LogP contribution in [0.25, 0.3) is 0 Å². The molecule has 0 radical (unpaired) electrons. The number of hydrogen-bond acceptors (Lipinski definition) is 3. The summed E-state index contributed by atoms with van der Waals surface area (Å²) in [7, 11) is 2.05. The van der Waals surface area contributed by atoms with Crippen molar-refractivity contribution in [2.45, 2.75) is 52.1 Å². The number of urea groups is 1. The second-order valence-corrected chi connectivity index (χ2v) is 5.03. The number of rotatable bonds is 9. The van der Waals surface area contributed by atoms with E-state index in [0.717, 1.165) is 13.0 Å². The first-order valence-electron chi connectivity index (χ1n) is 6.83. The Bertz CT molecular complexity index is 282. The normalized spacial score (nSPS) is 12.5. The first kappa shape index (κ1) is 17.7. The zero-order chi connectivity index (χ0) is 14.8. The van der Waals surface area contributed by atoms with Crippen molar-refractivity contribution in [1.29, 1.82) is 0 Å². The van der Waals surface area contributed by atoms with Gasteiger partial charge in [0.25, 0.3) is 0 Å². The largest absolute Gasteiger partial charge is 0.481 e.